The van der Waals surface area contributed by atoms with E-state index in [0.717, 1.165) is 22.1 Å². The molecule has 0 atom stereocenters. The third-order valence-corrected chi connectivity index (χ3v) is 3.68. The maximum Gasteiger partial charge on any atom is 0.274 e. The second kappa shape index (κ2) is 5.09. The van der Waals surface area contributed by atoms with E-state index in [1.54, 1.807) is 24.7 Å². The van der Waals surface area contributed by atoms with Gasteiger partial charge in [-0.05, 0) is 13.2 Å². The van der Waals surface area contributed by atoms with Gasteiger partial charge in [-0.2, -0.15) is 9.61 Å². The second-order valence-corrected chi connectivity index (χ2v) is 5.19. The molecule has 3 aromatic rings. The summed E-state index contributed by atoms with van der Waals surface area (Å²) in [7, 11) is 0. The zero-order valence-electron chi connectivity index (χ0n) is 11.1. The molecule has 0 fully saturated rings. The maximum absolute atomic E-state index is 12.0. The number of thioether (sulfide) groups is 1. The molecule has 0 saturated carbocycles. The van der Waals surface area contributed by atoms with Crippen molar-refractivity contribution in [3.63, 3.8) is 0 Å². The van der Waals surface area contributed by atoms with Gasteiger partial charge in [-0.1, -0.05) is 0 Å². The smallest absolute Gasteiger partial charge is 0.274 e. The average Bonchev–Trinajstić information content (AvgIpc) is 2.89. The Morgan fingerprint density at radius 1 is 1.30 bits per heavy atom. The number of nitrogens with zero attached hydrogens (tertiary/aromatic N) is 5. The summed E-state index contributed by atoms with van der Waals surface area (Å²) in [5.41, 5.74) is 2.37. The van der Waals surface area contributed by atoms with Gasteiger partial charge in [0.1, 0.15) is 10.7 Å². The van der Waals surface area contributed by atoms with Crippen molar-refractivity contribution in [2.45, 2.75) is 18.5 Å². The summed E-state index contributed by atoms with van der Waals surface area (Å²) in [5, 5.41) is 5.10. The summed E-state index contributed by atoms with van der Waals surface area (Å²) in [6.07, 6.45) is 6.96. The van der Waals surface area contributed by atoms with Crippen molar-refractivity contribution in [2.24, 2.45) is 0 Å². The Balaban J connectivity index is 2.19. The molecule has 0 aliphatic carbocycles. The van der Waals surface area contributed by atoms with Crippen LogP contribution in [0.3, 0.4) is 0 Å². The number of hydrogen-bond acceptors (Lipinski definition) is 5. The van der Waals surface area contributed by atoms with E-state index < -0.39 is 0 Å². The monoisotopic (exact) mass is 287 g/mol. The Morgan fingerprint density at radius 3 is 2.85 bits per heavy atom. The van der Waals surface area contributed by atoms with Crippen LogP contribution in [0.4, 0.5) is 0 Å². The van der Waals surface area contributed by atoms with Gasteiger partial charge in [-0.15, -0.1) is 11.8 Å². The highest BCUT2D eigenvalue weighted by Gasteiger charge is 2.10. The maximum atomic E-state index is 12.0. The van der Waals surface area contributed by atoms with Gasteiger partial charge in [0, 0.05) is 30.2 Å². The van der Waals surface area contributed by atoms with Crippen molar-refractivity contribution in [1.82, 2.24) is 24.1 Å². The van der Waals surface area contributed by atoms with Crippen molar-refractivity contribution in [3.8, 4) is 0 Å². The van der Waals surface area contributed by atoms with E-state index in [-0.39, 0.29) is 5.56 Å². The molecule has 0 aliphatic rings. The van der Waals surface area contributed by atoms with Gasteiger partial charge in [0.05, 0.1) is 18.4 Å². The zero-order valence-corrected chi connectivity index (χ0v) is 12.0. The Kier molecular flexibility index (Phi) is 3.27. The summed E-state index contributed by atoms with van der Waals surface area (Å²) in [5.74, 6) is 0. The van der Waals surface area contributed by atoms with E-state index in [4.69, 9.17) is 0 Å². The molecule has 7 heteroatoms. The fraction of sp³-hybridized carbons (Fsp3) is 0.231. The Bertz CT molecular complexity index is 809. The predicted octanol–water partition coefficient (Wildman–Crippen LogP) is 1.36. The molecule has 3 rings (SSSR count). The van der Waals surface area contributed by atoms with Gasteiger partial charge < -0.3 is 4.57 Å². The van der Waals surface area contributed by atoms with E-state index in [9.17, 15) is 4.79 Å². The molecule has 0 aliphatic heterocycles. The molecule has 0 radical (unpaired) electrons. The fourth-order valence-corrected chi connectivity index (χ4v) is 2.47. The molecule has 0 unspecified atom stereocenters. The standard InChI is InChI=1S/C13H13N5OS/c1-9-5-13(19)18-12(6-11(16-18)20-2)17(9)8-10-7-14-3-4-15-10/h3-7H,8H2,1-2H3. The van der Waals surface area contributed by atoms with Gasteiger partial charge in [-0.3, -0.25) is 14.8 Å². The fourth-order valence-electron chi connectivity index (χ4n) is 2.08. The third kappa shape index (κ3) is 2.20. The summed E-state index contributed by atoms with van der Waals surface area (Å²) >= 11 is 1.51. The molecule has 0 saturated heterocycles. The number of aryl methyl sites for hydroxylation is 1. The van der Waals surface area contributed by atoms with Crippen molar-refractivity contribution in [2.75, 3.05) is 6.26 Å². The highest BCUT2D eigenvalue weighted by molar-refractivity contribution is 7.98. The molecule has 102 valence electrons. The Hall–Kier alpha value is -2.15. The van der Waals surface area contributed by atoms with E-state index in [2.05, 4.69) is 15.1 Å². The Morgan fingerprint density at radius 2 is 2.15 bits per heavy atom. The summed E-state index contributed by atoms with van der Waals surface area (Å²) in [4.78, 5) is 20.3. The van der Waals surface area contributed by atoms with E-state index in [0.29, 0.717) is 6.54 Å². The number of fused-ring (bicyclic) bond motifs is 1. The normalized spacial score (nSPS) is 11.1. The predicted molar refractivity (Wildman–Crippen MR) is 77.1 cm³/mol. The number of aromatic nitrogens is 5. The van der Waals surface area contributed by atoms with Crippen LogP contribution in [-0.2, 0) is 6.54 Å². The number of hydrogen-bond donors (Lipinski definition) is 0. The minimum atomic E-state index is -0.117. The highest BCUT2D eigenvalue weighted by atomic mass is 32.2. The lowest BCUT2D eigenvalue weighted by atomic mass is 10.3. The van der Waals surface area contributed by atoms with Gasteiger partial charge in [0.15, 0.2) is 0 Å². The van der Waals surface area contributed by atoms with Crippen molar-refractivity contribution >= 4 is 17.4 Å². The van der Waals surface area contributed by atoms with Crippen LogP contribution in [0.25, 0.3) is 5.65 Å². The summed E-state index contributed by atoms with van der Waals surface area (Å²) in [6, 6.07) is 3.50. The summed E-state index contributed by atoms with van der Waals surface area (Å²) < 4.78 is 3.44. The van der Waals surface area contributed by atoms with Crippen LogP contribution >= 0.6 is 11.8 Å². The minimum Gasteiger partial charge on any atom is -0.324 e. The molecule has 0 aromatic carbocycles. The van der Waals surface area contributed by atoms with Crippen LogP contribution in [0.2, 0.25) is 0 Å². The third-order valence-electron chi connectivity index (χ3n) is 3.06. The lowest BCUT2D eigenvalue weighted by Gasteiger charge is -2.11. The molecule has 0 spiro atoms. The zero-order chi connectivity index (χ0) is 14.1. The molecule has 3 aromatic heterocycles. The van der Waals surface area contributed by atoms with Gasteiger partial charge in [-0.25, -0.2) is 0 Å². The van der Waals surface area contributed by atoms with E-state index in [1.165, 1.54) is 16.3 Å². The van der Waals surface area contributed by atoms with Crippen LogP contribution < -0.4 is 5.56 Å². The SMILES string of the molecule is CSc1cc2n(Cc3cnccn3)c(C)cc(=O)n2n1. The van der Waals surface area contributed by atoms with Crippen LogP contribution in [0.5, 0.6) is 0 Å². The lowest BCUT2D eigenvalue weighted by Crippen LogP contribution is -2.20. The average molecular weight is 287 g/mol. The first-order valence-electron chi connectivity index (χ1n) is 6.08. The largest absolute Gasteiger partial charge is 0.324 e. The van der Waals surface area contributed by atoms with Gasteiger partial charge in [0.2, 0.25) is 0 Å². The van der Waals surface area contributed by atoms with Crippen LogP contribution in [-0.4, -0.2) is 30.4 Å². The first kappa shape index (κ1) is 12.9. The lowest BCUT2D eigenvalue weighted by molar-refractivity contribution is 0.717. The van der Waals surface area contributed by atoms with Gasteiger partial charge in [0.25, 0.3) is 5.56 Å². The number of rotatable bonds is 3. The summed E-state index contributed by atoms with van der Waals surface area (Å²) in [6.45, 7) is 2.46. The molecule has 0 bridgehead atoms. The first-order chi connectivity index (χ1) is 9.69. The Labute approximate surface area is 119 Å². The van der Waals surface area contributed by atoms with Crippen LogP contribution in [0.1, 0.15) is 11.4 Å². The topological polar surface area (TPSA) is 65.1 Å². The van der Waals surface area contributed by atoms with Crippen LogP contribution in [0.15, 0.2) is 40.5 Å². The van der Waals surface area contributed by atoms with E-state index >= 15 is 0 Å². The highest BCUT2D eigenvalue weighted by Crippen LogP contribution is 2.16. The molecule has 20 heavy (non-hydrogen) atoms. The molecule has 0 N–H and O–H groups in total. The van der Waals surface area contributed by atoms with Crippen molar-refractivity contribution in [3.05, 3.63) is 52.5 Å². The molecule has 3 heterocycles. The molecular weight excluding hydrogens is 274 g/mol. The molecule has 0 amide bonds. The van der Waals surface area contributed by atoms with Gasteiger partial charge >= 0.3 is 0 Å². The first-order valence-corrected chi connectivity index (χ1v) is 7.30. The second-order valence-electron chi connectivity index (χ2n) is 4.36. The quantitative estimate of drug-likeness (QED) is 0.681. The van der Waals surface area contributed by atoms with Crippen LogP contribution in [0, 0.1) is 6.92 Å². The minimum absolute atomic E-state index is 0.117. The van der Waals surface area contributed by atoms with E-state index in [1.807, 2.05) is 23.8 Å². The molecule has 6 nitrogen and oxygen atoms in total. The van der Waals surface area contributed by atoms with Crippen molar-refractivity contribution in [1.29, 1.82) is 0 Å². The van der Waals surface area contributed by atoms with Crippen molar-refractivity contribution < 1.29 is 0 Å². The molecular formula is C13H13N5OS.